The number of aryl methyl sites for hydroxylation is 2. The van der Waals surface area contributed by atoms with Crippen molar-refractivity contribution in [2.45, 2.75) is 26.8 Å². The third-order valence-electron chi connectivity index (χ3n) is 4.80. The first-order valence-corrected chi connectivity index (χ1v) is 8.99. The van der Waals surface area contributed by atoms with E-state index in [9.17, 15) is 10.1 Å². The number of amides is 1. The first kappa shape index (κ1) is 18.9. The van der Waals surface area contributed by atoms with E-state index in [4.69, 9.17) is 5.26 Å². The van der Waals surface area contributed by atoms with Crippen LogP contribution in [-0.2, 0) is 11.3 Å². The first-order valence-electron chi connectivity index (χ1n) is 8.99. The minimum absolute atomic E-state index is 0.0316. The molecule has 0 saturated heterocycles. The molecule has 28 heavy (non-hydrogen) atoms. The highest BCUT2D eigenvalue weighted by molar-refractivity contribution is 6.11. The molecule has 5 nitrogen and oxygen atoms in total. The molecule has 3 rings (SSSR count). The first-order chi connectivity index (χ1) is 13.5. The summed E-state index contributed by atoms with van der Waals surface area (Å²) in [5.74, 6) is -0.440. The Bertz CT molecular complexity index is 1160. The minimum atomic E-state index is -0.440. The second-order valence-corrected chi connectivity index (χ2v) is 6.57. The summed E-state index contributed by atoms with van der Waals surface area (Å²) < 4.78 is 1.97. The monoisotopic (exact) mass is 368 g/mol. The van der Waals surface area contributed by atoms with Gasteiger partial charge in [0.15, 0.2) is 0 Å². The average molecular weight is 368 g/mol. The molecule has 3 aromatic rings. The van der Waals surface area contributed by atoms with Crippen LogP contribution in [0.1, 0.15) is 23.1 Å². The van der Waals surface area contributed by atoms with Crippen LogP contribution in [0.3, 0.4) is 0 Å². The van der Waals surface area contributed by atoms with Gasteiger partial charge in [0.05, 0.1) is 12.5 Å². The minimum Gasteiger partial charge on any atom is -0.346 e. The highest BCUT2D eigenvalue weighted by Crippen LogP contribution is 2.25. The predicted molar refractivity (Wildman–Crippen MR) is 110 cm³/mol. The highest BCUT2D eigenvalue weighted by atomic mass is 16.1. The molecular weight excluding hydrogens is 348 g/mol. The molecule has 1 amide bonds. The van der Waals surface area contributed by atoms with Gasteiger partial charge in [-0.25, -0.2) is 0 Å². The number of carbonyl (C=O) groups excluding carboxylic acids is 1. The van der Waals surface area contributed by atoms with Gasteiger partial charge in [-0.05, 0) is 43.2 Å². The lowest BCUT2D eigenvalue weighted by atomic mass is 10.1. The van der Waals surface area contributed by atoms with E-state index in [1.807, 2.05) is 73.1 Å². The Morgan fingerprint density at radius 1 is 1.14 bits per heavy atom. The summed E-state index contributed by atoms with van der Waals surface area (Å²) in [4.78, 5) is 12.7. The van der Waals surface area contributed by atoms with Crippen molar-refractivity contribution in [1.82, 2.24) is 4.57 Å². The lowest BCUT2D eigenvalue weighted by Gasteiger charge is -2.09. The van der Waals surface area contributed by atoms with Crippen molar-refractivity contribution < 1.29 is 4.79 Å². The van der Waals surface area contributed by atoms with E-state index in [0.717, 1.165) is 27.6 Å². The van der Waals surface area contributed by atoms with E-state index < -0.39 is 5.91 Å². The molecular formula is C23H20N4O. The van der Waals surface area contributed by atoms with Gasteiger partial charge in [0, 0.05) is 34.9 Å². The maximum absolute atomic E-state index is 12.7. The molecule has 0 saturated carbocycles. The van der Waals surface area contributed by atoms with Gasteiger partial charge in [-0.1, -0.05) is 30.3 Å². The molecule has 0 atom stereocenters. The third kappa shape index (κ3) is 3.79. The SMILES string of the molecule is Cc1cccc(NC(=O)/C(C#N)=C/c2cn(CCC#N)c3ccccc23)c1C. The molecule has 1 aromatic heterocycles. The van der Waals surface area contributed by atoms with Crippen LogP contribution in [0.4, 0.5) is 5.69 Å². The molecule has 1 N–H and O–H groups in total. The van der Waals surface area contributed by atoms with Gasteiger partial charge < -0.3 is 9.88 Å². The van der Waals surface area contributed by atoms with Crippen LogP contribution in [0.5, 0.6) is 0 Å². The summed E-state index contributed by atoms with van der Waals surface area (Å²) in [6.07, 6.45) is 3.87. The number of fused-ring (bicyclic) bond motifs is 1. The lowest BCUT2D eigenvalue weighted by Crippen LogP contribution is -2.14. The number of benzene rings is 2. The number of nitrogens with one attached hydrogen (secondary N) is 1. The second kappa shape index (κ2) is 8.24. The summed E-state index contributed by atoms with van der Waals surface area (Å²) in [6, 6.07) is 17.6. The number of hydrogen-bond donors (Lipinski definition) is 1. The topological polar surface area (TPSA) is 81.6 Å². The van der Waals surface area contributed by atoms with Crippen LogP contribution in [0.15, 0.2) is 54.2 Å². The van der Waals surface area contributed by atoms with E-state index in [-0.39, 0.29) is 5.57 Å². The molecule has 1 heterocycles. The van der Waals surface area contributed by atoms with Gasteiger partial charge in [-0.15, -0.1) is 0 Å². The molecule has 5 heteroatoms. The predicted octanol–water partition coefficient (Wildman–Crippen LogP) is 4.72. The van der Waals surface area contributed by atoms with Crippen molar-refractivity contribution in [2.75, 3.05) is 5.32 Å². The van der Waals surface area contributed by atoms with Gasteiger partial charge in [-0.2, -0.15) is 10.5 Å². The summed E-state index contributed by atoms with van der Waals surface area (Å²) in [5, 5.41) is 22.2. The Balaban J connectivity index is 1.97. The molecule has 0 spiro atoms. The number of hydrogen-bond acceptors (Lipinski definition) is 3. The van der Waals surface area contributed by atoms with E-state index in [1.165, 1.54) is 0 Å². The van der Waals surface area contributed by atoms with E-state index >= 15 is 0 Å². The largest absolute Gasteiger partial charge is 0.346 e. The van der Waals surface area contributed by atoms with Crippen LogP contribution >= 0.6 is 0 Å². The van der Waals surface area contributed by atoms with Crippen LogP contribution in [0.25, 0.3) is 17.0 Å². The van der Waals surface area contributed by atoms with Crippen LogP contribution < -0.4 is 5.32 Å². The Hall–Kier alpha value is -3.83. The van der Waals surface area contributed by atoms with Gasteiger partial charge in [0.2, 0.25) is 0 Å². The summed E-state index contributed by atoms with van der Waals surface area (Å²) >= 11 is 0. The summed E-state index contributed by atoms with van der Waals surface area (Å²) in [7, 11) is 0. The maximum Gasteiger partial charge on any atom is 0.266 e. The molecule has 2 aromatic carbocycles. The summed E-state index contributed by atoms with van der Waals surface area (Å²) in [6.45, 7) is 4.47. The molecule has 138 valence electrons. The molecule has 0 fully saturated rings. The number of anilines is 1. The molecule has 0 bridgehead atoms. The Morgan fingerprint density at radius 3 is 2.68 bits per heavy atom. The molecule has 0 unspecified atom stereocenters. The average Bonchev–Trinajstić information content (AvgIpc) is 3.05. The van der Waals surface area contributed by atoms with Crippen LogP contribution in [0, 0.1) is 36.5 Å². The highest BCUT2D eigenvalue weighted by Gasteiger charge is 2.14. The van der Waals surface area contributed by atoms with Crippen molar-refractivity contribution >= 4 is 28.6 Å². The number of nitriles is 2. The van der Waals surface area contributed by atoms with Crippen molar-refractivity contribution in [3.8, 4) is 12.1 Å². The zero-order valence-electron chi connectivity index (χ0n) is 15.9. The van der Waals surface area contributed by atoms with Gasteiger partial charge in [0.25, 0.3) is 5.91 Å². The normalized spacial score (nSPS) is 11.1. The number of carbonyl (C=O) groups is 1. The van der Waals surface area contributed by atoms with Gasteiger partial charge >= 0.3 is 0 Å². The fourth-order valence-electron chi connectivity index (χ4n) is 3.13. The van der Waals surface area contributed by atoms with E-state index in [0.29, 0.717) is 18.7 Å². The number of rotatable bonds is 5. The van der Waals surface area contributed by atoms with Crippen molar-refractivity contribution in [3.63, 3.8) is 0 Å². The quantitative estimate of drug-likeness (QED) is 0.523. The second-order valence-electron chi connectivity index (χ2n) is 6.57. The van der Waals surface area contributed by atoms with E-state index in [2.05, 4.69) is 11.4 Å². The lowest BCUT2D eigenvalue weighted by molar-refractivity contribution is -0.112. The fraction of sp³-hybridized carbons (Fsp3) is 0.174. The fourth-order valence-corrected chi connectivity index (χ4v) is 3.13. The standard InChI is InChI=1S/C23H20N4O/c1-16-7-5-9-21(17(16)2)26-23(28)18(14-25)13-19-15-27(12-6-11-24)22-10-4-3-8-20(19)22/h3-5,7-10,13,15H,6,12H2,1-2H3,(H,26,28)/b18-13+. The van der Waals surface area contributed by atoms with Crippen molar-refractivity contribution in [2.24, 2.45) is 0 Å². The Labute approximate surface area is 164 Å². The van der Waals surface area contributed by atoms with Crippen molar-refractivity contribution in [3.05, 3.63) is 70.9 Å². The van der Waals surface area contributed by atoms with E-state index in [1.54, 1.807) is 6.08 Å². The van der Waals surface area contributed by atoms with Crippen LogP contribution in [-0.4, -0.2) is 10.5 Å². The molecule has 0 radical (unpaired) electrons. The number of para-hydroxylation sites is 1. The molecule has 0 aliphatic carbocycles. The Morgan fingerprint density at radius 2 is 1.93 bits per heavy atom. The van der Waals surface area contributed by atoms with Gasteiger partial charge in [0.1, 0.15) is 11.6 Å². The smallest absolute Gasteiger partial charge is 0.266 e. The summed E-state index contributed by atoms with van der Waals surface area (Å²) in [5.41, 5.74) is 4.52. The number of aromatic nitrogens is 1. The molecule has 0 aliphatic heterocycles. The van der Waals surface area contributed by atoms with Crippen molar-refractivity contribution in [1.29, 1.82) is 10.5 Å². The maximum atomic E-state index is 12.7. The zero-order chi connectivity index (χ0) is 20.1. The van der Waals surface area contributed by atoms with Gasteiger partial charge in [-0.3, -0.25) is 4.79 Å². The third-order valence-corrected chi connectivity index (χ3v) is 4.80. The Kier molecular flexibility index (Phi) is 5.58. The van der Waals surface area contributed by atoms with Crippen LogP contribution in [0.2, 0.25) is 0 Å². The zero-order valence-corrected chi connectivity index (χ0v) is 15.9. The molecule has 0 aliphatic rings. The number of nitrogens with zero attached hydrogens (tertiary/aromatic N) is 3.